The van der Waals surface area contributed by atoms with E-state index in [2.05, 4.69) is 5.32 Å². The van der Waals surface area contributed by atoms with Gasteiger partial charge in [-0.2, -0.15) is 0 Å². The maximum atomic E-state index is 11.8. The lowest BCUT2D eigenvalue weighted by molar-refractivity contribution is -0.140. The van der Waals surface area contributed by atoms with Crippen LogP contribution in [-0.4, -0.2) is 34.0 Å². The van der Waals surface area contributed by atoms with Gasteiger partial charge in [-0.05, 0) is 19.8 Å². The Balaban J connectivity index is 2.24. The van der Waals surface area contributed by atoms with E-state index in [-0.39, 0.29) is 11.2 Å². The van der Waals surface area contributed by atoms with Gasteiger partial charge < -0.3 is 10.4 Å². The molecule has 1 aliphatic rings. The third-order valence-electron chi connectivity index (χ3n) is 3.09. The molecule has 1 saturated carbocycles. The van der Waals surface area contributed by atoms with E-state index < -0.39 is 11.9 Å². The van der Waals surface area contributed by atoms with Crippen LogP contribution in [0.2, 0.25) is 0 Å². The van der Waals surface area contributed by atoms with E-state index in [1.807, 2.05) is 6.92 Å². The molecule has 1 fully saturated rings. The minimum absolute atomic E-state index is 0.0412. The van der Waals surface area contributed by atoms with Crippen LogP contribution in [0.5, 0.6) is 0 Å². The van der Waals surface area contributed by atoms with E-state index in [4.69, 9.17) is 5.11 Å². The Hall–Kier alpha value is -0.710. The van der Waals surface area contributed by atoms with Gasteiger partial charge in [-0.3, -0.25) is 9.59 Å². The number of carbonyl (C=O) groups excluding carboxylic acids is 1. The largest absolute Gasteiger partial charge is 0.481 e. The van der Waals surface area contributed by atoms with Crippen molar-refractivity contribution >= 4 is 23.6 Å². The van der Waals surface area contributed by atoms with Crippen molar-refractivity contribution < 1.29 is 14.7 Å². The molecule has 98 valence electrons. The van der Waals surface area contributed by atoms with Crippen molar-refractivity contribution in [1.82, 2.24) is 5.32 Å². The van der Waals surface area contributed by atoms with Crippen molar-refractivity contribution in [3.63, 3.8) is 0 Å². The smallest absolute Gasteiger partial charge is 0.307 e. The lowest BCUT2D eigenvalue weighted by atomic mass is 10.2. The number of nitrogens with one attached hydrogen (secondary N) is 1. The third kappa shape index (κ3) is 4.98. The first-order valence-electron chi connectivity index (χ1n) is 6.15. The first-order valence-corrected chi connectivity index (χ1v) is 7.20. The molecule has 0 spiro atoms. The van der Waals surface area contributed by atoms with Gasteiger partial charge in [0.05, 0.1) is 11.2 Å². The second-order valence-corrected chi connectivity index (χ2v) is 6.08. The van der Waals surface area contributed by atoms with Crippen molar-refractivity contribution in [2.75, 3.05) is 5.75 Å². The molecular formula is C12H21NO3S. The van der Waals surface area contributed by atoms with E-state index in [9.17, 15) is 9.59 Å². The van der Waals surface area contributed by atoms with Gasteiger partial charge in [0.15, 0.2) is 0 Å². The molecule has 5 heteroatoms. The lowest BCUT2D eigenvalue weighted by Crippen LogP contribution is -2.38. The van der Waals surface area contributed by atoms with Crippen LogP contribution in [0, 0.1) is 5.92 Å². The highest BCUT2D eigenvalue weighted by Crippen LogP contribution is 2.20. The lowest BCUT2D eigenvalue weighted by Gasteiger charge is -2.17. The Kier molecular flexibility index (Phi) is 5.82. The van der Waals surface area contributed by atoms with Crippen molar-refractivity contribution in [3.05, 3.63) is 0 Å². The average Bonchev–Trinajstić information content (AvgIpc) is 2.77. The maximum Gasteiger partial charge on any atom is 0.307 e. The van der Waals surface area contributed by atoms with Crippen molar-refractivity contribution in [1.29, 1.82) is 0 Å². The molecule has 1 aliphatic carbocycles. The topological polar surface area (TPSA) is 66.4 Å². The van der Waals surface area contributed by atoms with Gasteiger partial charge in [0.2, 0.25) is 5.91 Å². The summed E-state index contributed by atoms with van der Waals surface area (Å²) in [5, 5.41) is 11.6. The monoisotopic (exact) mass is 259 g/mol. The van der Waals surface area contributed by atoms with Gasteiger partial charge in [0, 0.05) is 11.8 Å². The normalized spacial score (nSPS) is 19.9. The zero-order valence-electron chi connectivity index (χ0n) is 10.4. The number of carboxylic acids is 1. The standard InChI is InChI=1S/C12H21NO3S/c1-8(12(15)16)7-17-9(2)11(14)13-10-5-3-4-6-10/h8-10H,3-7H2,1-2H3,(H,13,14)(H,15,16). The SMILES string of the molecule is CC(CSC(C)C(=O)NC1CCCC1)C(=O)O. The quantitative estimate of drug-likeness (QED) is 0.764. The van der Waals surface area contributed by atoms with E-state index in [0.717, 1.165) is 12.8 Å². The van der Waals surface area contributed by atoms with Crippen LogP contribution in [0.15, 0.2) is 0 Å². The Bertz CT molecular complexity index is 277. The second kappa shape index (κ2) is 6.89. The molecule has 2 unspecified atom stereocenters. The number of hydrogen-bond donors (Lipinski definition) is 2. The highest BCUT2D eigenvalue weighted by molar-refractivity contribution is 8.00. The van der Waals surface area contributed by atoms with Crippen LogP contribution in [-0.2, 0) is 9.59 Å². The van der Waals surface area contributed by atoms with E-state index >= 15 is 0 Å². The Morgan fingerprint density at radius 3 is 2.47 bits per heavy atom. The summed E-state index contributed by atoms with van der Waals surface area (Å²) >= 11 is 1.41. The van der Waals surface area contributed by atoms with Crippen molar-refractivity contribution in [2.24, 2.45) is 5.92 Å². The fourth-order valence-electron chi connectivity index (χ4n) is 1.82. The van der Waals surface area contributed by atoms with E-state index in [0.29, 0.717) is 11.8 Å². The van der Waals surface area contributed by atoms with Crippen LogP contribution in [0.4, 0.5) is 0 Å². The molecule has 0 heterocycles. The number of rotatable bonds is 6. The van der Waals surface area contributed by atoms with Gasteiger partial charge in [-0.1, -0.05) is 19.8 Å². The van der Waals surface area contributed by atoms with Crippen LogP contribution in [0.25, 0.3) is 0 Å². The minimum Gasteiger partial charge on any atom is -0.481 e. The number of carbonyl (C=O) groups is 2. The molecule has 0 bridgehead atoms. The Morgan fingerprint density at radius 2 is 1.94 bits per heavy atom. The predicted molar refractivity (Wildman–Crippen MR) is 69.1 cm³/mol. The van der Waals surface area contributed by atoms with Gasteiger partial charge >= 0.3 is 5.97 Å². The maximum absolute atomic E-state index is 11.8. The molecule has 17 heavy (non-hydrogen) atoms. The summed E-state index contributed by atoms with van der Waals surface area (Å²) in [6.45, 7) is 3.50. The summed E-state index contributed by atoms with van der Waals surface area (Å²) in [5.41, 5.74) is 0. The molecule has 1 rings (SSSR count). The number of amides is 1. The highest BCUT2D eigenvalue weighted by atomic mass is 32.2. The van der Waals surface area contributed by atoms with E-state index in [1.165, 1.54) is 24.6 Å². The van der Waals surface area contributed by atoms with Crippen LogP contribution < -0.4 is 5.32 Å². The number of hydrogen-bond acceptors (Lipinski definition) is 3. The molecule has 2 atom stereocenters. The second-order valence-electron chi connectivity index (χ2n) is 4.70. The summed E-state index contributed by atoms with van der Waals surface area (Å²) in [6, 6.07) is 0.336. The minimum atomic E-state index is -0.805. The molecule has 0 aromatic rings. The summed E-state index contributed by atoms with van der Waals surface area (Å²) in [5.74, 6) is -0.684. The summed E-state index contributed by atoms with van der Waals surface area (Å²) in [6.07, 6.45) is 4.55. The van der Waals surface area contributed by atoms with Crippen LogP contribution in [0.1, 0.15) is 39.5 Å². The third-order valence-corrected chi connectivity index (χ3v) is 4.50. The molecule has 0 saturated heterocycles. The summed E-state index contributed by atoms with van der Waals surface area (Å²) in [7, 11) is 0. The number of aliphatic carboxylic acids is 1. The Labute approximate surface area is 107 Å². The first-order chi connectivity index (χ1) is 8.00. The summed E-state index contributed by atoms with van der Waals surface area (Å²) < 4.78 is 0. The van der Waals surface area contributed by atoms with Crippen molar-refractivity contribution in [2.45, 2.75) is 50.8 Å². The number of carboxylic acid groups (broad SMARTS) is 1. The van der Waals surface area contributed by atoms with Crippen LogP contribution >= 0.6 is 11.8 Å². The molecule has 4 nitrogen and oxygen atoms in total. The predicted octanol–water partition coefficient (Wildman–Crippen LogP) is 1.89. The van der Waals surface area contributed by atoms with Gasteiger partial charge in [0.25, 0.3) is 0 Å². The molecule has 1 amide bonds. The van der Waals surface area contributed by atoms with Gasteiger partial charge in [0.1, 0.15) is 0 Å². The van der Waals surface area contributed by atoms with Gasteiger partial charge in [-0.25, -0.2) is 0 Å². The van der Waals surface area contributed by atoms with Crippen molar-refractivity contribution in [3.8, 4) is 0 Å². The molecule has 0 aromatic carbocycles. The molecule has 0 aromatic heterocycles. The average molecular weight is 259 g/mol. The summed E-state index contributed by atoms with van der Waals surface area (Å²) in [4.78, 5) is 22.4. The first kappa shape index (κ1) is 14.4. The zero-order valence-corrected chi connectivity index (χ0v) is 11.3. The van der Waals surface area contributed by atoms with E-state index in [1.54, 1.807) is 6.92 Å². The molecule has 2 N–H and O–H groups in total. The molecular weight excluding hydrogens is 238 g/mol. The zero-order chi connectivity index (χ0) is 12.8. The van der Waals surface area contributed by atoms with Gasteiger partial charge in [-0.15, -0.1) is 11.8 Å². The Morgan fingerprint density at radius 1 is 1.35 bits per heavy atom. The molecule has 0 radical (unpaired) electrons. The fourth-order valence-corrected chi connectivity index (χ4v) is 2.76. The highest BCUT2D eigenvalue weighted by Gasteiger charge is 2.22. The molecule has 0 aliphatic heterocycles. The number of thioether (sulfide) groups is 1. The van der Waals surface area contributed by atoms with Crippen LogP contribution in [0.3, 0.4) is 0 Å². The fraction of sp³-hybridized carbons (Fsp3) is 0.833.